The van der Waals surface area contributed by atoms with Gasteiger partial charge in [0.1, 0.15) is 11.9 Å². The molecule has 27 heavy (non-hydrogen) atoms. The van der Waals surface area contributed by atoms with Crippen LogP contribution in [0.15, 0.2) is 48.5 Å². The lowest BCUT2D eigenvalue weighted by Crippen LogP contribution is -2.66. The van der Waals surface area contributed by atoms with Crippen molar-refractivity contribution in [2.75, 3.05) is 27.2 Å². The molecule has 0 unspecified atom stereocenters. The maximum atomic E-state index is 14.4. The highest BCUT2D eigenvalue weighted by Crippen LogP contribution is 2.44. The molecule has 0 bridgehead atoms. The Morgan fingerprint density at radius 2 is 1.81 bits per heavy atom. The second kappa shape index (κ2) is 7.87. The number of carbonyl (C=O) groups is 1. The maximum absolute atomic E-state index is 14.4. The molecule has 1 fully saturated rings. The van der Waals surface area contributed by atoms with Gasteiger partial charge in [0.2, 0.25) is 5.91 Å². The number of rotatable bonds is 5. The highest BCUT2D eigenvalue weighted by molar-refractivity contribution is 5.81. The second-order valence-corrected chi connectivity index (χ2v) is 6.96. The first-order chi connectivity index (χ1) is 13.0. The summed E-state index contributed by atoms with van der Waals surface area (Å²) in [6.45, 7) is -0.0933. The van der Waals surface area contributed by atoms with Crippen molar-refractivity contribution < 1.29 is 14.3 Å². The molecule has 3 rings (SSSR count). The van der Waals surface area contributed by atoms with Crippen molar-refractivity contribution in [2.45, 2.75) is 18.0 Å². The van der Waals surface area contributed by atoms with Gasteiger partial charge < -0.3 is 14.9 Å². The maximum Gasteiger partial charge on any atom is 0.238 e. The lowest BCUT2D eigenvalue weighted by Gasteiger charge is -2.52. The number of aliphatic hydroxyl groups excluding tert-OH is 1. The highest BCUT2D eigenvalue weighted by Gasteiger charge is 2.52. The summed E-state index contributed by atoms with van der Waals surface area (Å²) in [6.07, 6.45) is 0. The first-order valence-corrected chi connectivity index (χ1v) is 8.79. The smallest absolute Gasteiger partial charge is 0.238 e. The molecule has 1 saturated heterocycles. The number of likely N-dealkylation sites (tertiary alicyclic amines) is 1. The SMILES string of the molecule is CN(C)CC(=O)N1[C@@H](C#N)[C@@H](c2ccccc2-c2ccccc2F)[C@@H]1CO. The third-order valence-electron chi connectivity index (χ3n) is 4.95. The topological polar surface area (TPSA) is 67.6 Å². The summed E-state index contributed by atoms with van der Waals surface area (Å²) in [7, 11) is 3.55. The van der Waals surface area contributed by atoms with E-state index in [2.05, 4.69) is 6.07 Å². The van der Waals surface area contributed by atoms with Crippen LogP contribution in [0.4, 0.5) is 4.39 Å². The van der Waals surface area contributed by atoms with Gasteiger partial charge in [-0.1, -0.05) is 42.5 Å². The van der Waals surface area contributed by atoms with Crippen LogP contribution in [-0.4, -0.2) is 60.1 Å². The number of carbonyl (C=O) groups excluding carboxylic acids is 1. The molecular formula is C21H22FN3O2. The van der Waals surface area contributed by atoms with Crippen LogP contribution < -0.4 is 0 Å². The number of likely N-dealkylation sites (N-methyl/N-ethyl adjacent to an activating group) is 1. The Balaban J connectivity index is 2.01. The van der Waals surface area contributed by atoms with Gasteiger partial charge in [0.05, 0.1) is 25.3 Å². The lowest BCUT2D eigenvalue weighted by atomic mass is 9.73. The first-order valence-electron chi connectivity index (χ1n) is 8.79. The minimum Gasteiger partial charge on any atom is -0.394 e. The van der Waals surface area contributed by atoms with Gasteiger partial charge >= 0.3 is 0 Å². The number of benzene rings is 2. The Hall–Kier alpha value is -2.75. The van der Waals surface area contributed by atoms with E-state index in [1.54, 1.807) is 43.3 Å². The summed E-state index contributed by atoms with van der Waals surface area (Å²) >= 11 is 0. The standard InChI is InChI=1S/C21H22FN3O2/c1-24(2)12-20(27)25-18(11-23)21(19(25)13-26)16-9-4-3-7-14(16)15-8-5-6-10-17(15)22/h3-10,18-19,21,26H,12-13H2,1-2H3/t18-,19-,21+/m0/s1. The third-order valence-corrected chi connectivity index (χ3v) is 4.95. The molecule has 1 N–H and O–H groups in total. The molecule has 1 heterocycles. The van der Waals surface area contributed by atoms with E-state index in [-0.39, 0.29) is 30.8 Å². The minimum atomic E-state index is -0.692. The van der Waals surface area contributed by atoms with Crippen molar-refractivity contribution in [1.82, 2.24) is 9.80 Å². The van der Waals surface area contributed by atoms with E-state index in [0.717, 1.165) is 5.56 Å². The van der Waals surface area contributed by atoms with Crippen LogP contribution in [0.2, 0.25) is 0 Å². The van der Waals surface area contributed by atoms with E-state index < -0.39 is 12.1 Å². The molecule has 0 saturated carbocycles. The molecule has 0 aromatic heterocycles. The molecule has 1 amide bonds. The van der Waals surface area contributed by atoms with Crippen molar-refractivity contribution >= 4 is 5.91 Å². The van der Waals surface area contributed by atoms with Crippen molar-refractivity contribution in [2.24, 2.45) is 0 Å². The predicted molar refractivity (Wildman–Crippen MR) is 100 cm³/mol. The molecule has 1 aliphatic heterocycles. The van der Waals surface area contributed by atoms with E-state index >= 15 is 0 Å². The molecule has 0 radical (unpaired) electrons. The van der Waals surface area contributed by atoms with Crippen molar-refractivity contribution in [3.63, 3.8) is 0 Å². The van der Waals surface area contributed by atoms with Crippen LogP contribution in [0, 0.1) is 17.1 Å². The summed E-state index contributed by atoms with van der Waals surface area (Å²) in [5.41, 5.74) is 1.89. The van der Waals surface area contributed by atoms with E-state index in [9.17, 15) is 19.6 Å². The number of nitriles is 1. The van der Waals surface area contributed by atoms with E-state index in [1.807, 2.05) is 18.2 Å². The normalized spacial score (nSPS) is 21.6. The first kappa shape index (κ1) is 19.0. The Morgan fingerprint density at radius 1 is 1.19 bits per heavy atom. The van der Waals surface area contributed by atoms with Crippen molar-refractivity contribution in [3.05, 3.63) is 59.9 Å². The average molecular weight is 367 g/mol. The number of hydrogen-bond acceptors (Lipinski definition) is 4. The number of nitrogens with zero attached hydrogens (tertiary/aromatic N) is 3. The van der Waals surface area contributed by atoms with Crippen molar-refractivity contribution in [3.8, 4) is 17.2 Å². The Kier molecular flexibility index (Phi) is 5.54. The number of amides is 1. The molecule has 0 spiro atoms. The fourth-order valence-electron chi connectivity index (χ4n) is 3.79. The second-order valence-electron chi connectivity index (χ2n) is 6.96. The van der Waals surface area contributed by atoms with Crippen LogP contribution in [0.25, 0.3) is 11.1 Å². The fourth-order valence-corrected chi connectivity index (χ4v) is 3.79. The molecule has 0 aliphatic carbocycles. The van der Waals surface area contributed by atoms with Gasteiger partial charge in [-0.2, -0.15) is 5.26 Å². The molecule has 2 aromatic carbocycles. The predicted octanol–water partition coefficient (Wildman–Crippen LogP) is 2.23. The minimum absolute atomic E-state index is 0.163. The molecule has 140 valence electrons. The average Bonchev–Trinajstić information content (AvgIpc) is 2.62. The van der Waals surface area contributed by atoms with Gasteiger partial charge in [-0.25, -0.2) is 4.39 Å². The van der Waals surface area contributed by atoms with Gasteiger partial charge in [-0.15, -0.1) is 0 Å². The Morgan fingerprint density at radius 3 is 2.41 bits per heavy atom. The summed E-state index contributed by atoms with van der Waals surface area (Å²) in [4.78, 5) is 15.7. The van der Waals surface area contributed by atoms with Crippen LogP contribution in [0.1, 0.15) is 11.5 Å². The summed E-state index contributed by atoms with van der Waals surface area (Å²) in [5, 5.41) is 19.6. The molecule has 3 atom stereocenters. The quantitative estimate of drug-likeness (QED) is 0.880. The van der Waals surface area contributed by atoms with Gasteiger partial charge in [0, 0.05) is 11.5 Å². The van der Waals surface area contributed by atoms with Crippen molar-refractivity contribution in [1.29, 1.82) is 5.26 Å². The molecule has 5 nitrogen and oxygen atoms in total. The largest absolute Gasteiger partial charge is 0.394 e. The lowest BCUT2D eigenvalue weighted by molar-refractivity contribution is -0.147. The monoisotopic (exact) mass is 367 g/mol. The number of halogens is 1. The van der Waals surface area contributed by atoms with Gasteiger partial charge in [-0.3, -0.25) is 4.79 Å². The van der Waals surface area contributed by atoms with Gasteiger partial charge in [0.15, 0.2) is 0 Å². The molecule has 2 aromatic rings. The zero-order valence-corrected chi connectivity index (χ0v) is 15.3. The summed E-state index contributed by atoms with van der Waals surface area (Å²) in [5.74, 6) is -0.925. The van der Waals surface area contributed by atoms with E-state index in [1.165, 1.54) is 11.0 Å². The number of aliphatic hydroxyl groups is 1. The Labute approximate surface area is 158 Å². The highest BCUT2D eigenvalue weighted by atomic mass is 19.1. The van der Waals surface area contributed by atoms with Gasteiger partial charge in [0.25, 0.3) is 0 Å². The fraction of sp³-hybridized carbons (Fsp3) is 0.333. The van der Waals surface area contributed by atoms with E-state index in [4.69, 9.17) is 0 Å². The third kappa shape index (κ3) is 3.44. The molecule has 1 aliphatic rings. The Bertz CT molecular complexity index is 878. The van der Waals surface area contributed by atoms with Crippen LogP contribution in [0.5, 0.6) is 0 Å². The molecule has 6 heteroatoms. The molecular weight excluding hydrogens is 345 g/mol. The summed E-state index contributed by atoms with van der Waals surface area (Å²) in [6, 6.07) is 14.8. The zero-order valence-electron chi connectivity index (χ0n) is 15.3. The van der Waals surface area contributed by atoms with Crippen LogP contribution in [0.3, 0.4) is 0 Å². The number of hydrogen-bond donors (Lipinski definition) is 1. The van der Waals surface area contributed by atoms with Crippen LogP contribution >= 0.6 is 0 Å². The zero-order chi connectivity index (χ0) is 19.6. The van der Waals surface area contributed by atoms with Crippen LogP contribution in [-0.2, 0) is 4.79 Å². The summed E-state index contributed by atoms with van der Waals surface area (Å²) < 4.78 is 14.4. The van der Waals surface area contributed by atoms with E-state index in [0.29, 0.717) is 11.1 Å². The van der Waals surface area contributed by atoms with Gasteiger partial charge in [-0.05, 0) is 31.3 Å².